The summed E-state index contributed by atoms with van der Waals surface area (Å²) in [6.45, 7) is 3.78. The van der Waals surface area contributed by atoms with Crippen LogP contribution in [0.3, 0.4) is 0 Å². The lowest BCUT2D eigenvalue weighted by Crippen LogP contribution is -2.61. The molecule has 1 saturated carbocycles. The standard InChI is InChI=1S/C15H22N2O4S/c1-14(2)8-6-9-15(14,13(18)21-3)17-22(19,20)11-12-7-4-5-10-16-12/h4-5,7,10,17H,6,8-9,11H2,1-3H3. The fraction of sp³-hybridized carbons (Fsp3) is 0.600. The zero-order valence-electron chi connectivity index (χ0n) is 13.1. The highest BCUT2D eigenvalue weighted by atomic mass is 32.2. The Morgan fingerprint density at radius 3 is 2.59 bits per heavy atom. The smallest absolute Gasteiger partial charge is 0.327 e. The molecule has 1 unspecified atom stereocenters. The Bertz CT molecular complexity index is 643. The van der Waals surface area contributed by atoms with E-state index in [1.807, 2.05) is 13.8 Å². The van der Waals surface area contributed by atoms with Crippen molar-refractivity contribution in [2.45, 2.75) is 44.4 Å². The molecule has 1 aliphatic carbocycles. The molecule has 1 atom stereocenters. The molecular formula is C15H22N2O4S. The first-order valence-corrected chi connectivity index (χ1v) is 8.88. The Hall–Kier alpha value is -1.47. The predicted octanol–water partition coefficient (Wildman–Crippen LogP) is 1.62. The summed E-state index contributed by atoms with van der Waals surface area (Å²) in [5.74, 6) is -0.789. The van der Waals surface area contributed by atoms with Crippen LogP contribution in [0, 0.1) is 5.41 Å². The van der Waals surface area contributed by atoms with Crippen LogP contribution in [0.25, 0.3) is 0 Å². The molecule has 122 valence electrons. The van der Waals surface area contributed by atoms with Crippen LogP contribution in [-0.2, 0) is 25.3 Å². The van der Waals surface area contributed by atoms with E-state index < -0.39 is 26.9 Å². The zero-order valence-corrected chi connectivity index (χ0v) is 13.9. The third-order valence-electron chi connectivity index (χ3n) is 4.44. The highest BCUT2D eigenvalue weighted by Crippen LogP contribution is 2.47. The number of ether oxygens (including phenoxy) is 1. The molecule has 1 aliphatic rings. The van der Waals surface area contributed by atoms with Crippen LogP contribution in [0.15, 0.2) is 24.4 Å². The molecule has 0 aliphatic heterocycles. The van der Waals surface area contributed by atoms with Crippen LogP contribution < -0.4 is 4.72 Å². The van der Waals surface area contributed by atoms with E-state index >= 15 is 0 Å². The molecule has 0 spiro atoms. The maximum absolute atomic E-state index is 12.5. The second-order valence-electron chi connectivity index (χ2n) is 6.32. The van der Waals surface area contributed by atoms with E-state index in [9.17, 15) is 13.2 Å². The molecule has 0 bridgehead atoms. The number of carbonyl (C=O) groups excluding carboxylic acids is 1. The number of hydrogen-bond donors (Lipinski definition) is 1. The van der Waals surface area contributed by atoms with E-state index in [4.69, 9.17) is 4.74 Å². The number of rotatable bonds is 5. The number of nitrogens with zero attached hydrogens (tertiary/aromatic N) is 1. The molecule has 0 radical (unpaired) electrons. The van der Waals surface area contributed by atoms with Gasteiger partial charge in [0.15, 0.2) is 0 Å². The van der Waals surface area contributed by atoms with Crippen molar-refractivity contribution in [2.75, 3.05) is 7.11 Å². The molecule has 22 heavy (non-hydrogen) atoms. The third-order valence-corrected chi connectivity index (χ3v) is 5.77. The van der Waals surface area contributed by atoms with Crippen LogP contribution in [0.1, 0.15) is 38.8 Å². The summed E-state index contributed by atoms with van der Waals surface area (Å²) in [6.07, 6.45) is 3.51. The minimum absolute atomic E-state index is 0.261. The second kappa shape index (κ2) is 5.96. The van der Waals surface area contributed by atoms with Crippen molar-refractivity contribution in [3.8, 4) is 0 Å². The van der Waals surface area contributed by atoms with E-state index in [2.05, 4.69) is 9.71 Å². The van der Waals surface area contributed by atoms with Crippen LogP contribution >= 0.6 is 0 Å². The molecule has 1 N–H and O–H groups in total. The highest BCUT2D eigenvalue weighted by molar-refractivity contribution is 7.88. The number of methoxy groups -OCH3 is 1. The van der Waals surface area contributed by atoms with E-state index in [-0.39, 0.29) is 5.75 Å². The molecule has 2 rings (SSSR count). The maximum atomic E-state index is 12.5. The summed E-state index contributed by atoms with van der Waals surface area (Å²) in [4.78, 5) is 16.3. The van der Waals surface area contributed by atoms with Crippen LogP contribution in [-0.4, -0.2) is 32.0 Å². The van der Waals surface area contributed by atoms with Crippen molar-refractivity contribution in [3.05, 3.63) is 30.1 Å². The molecule has 0 aromatic carbocycles. The average molecular weight is 326 g/mol. The number of carbonyl (C=O) groups is 1. The summed E-state index contributed by atoms with van der Waals surface area (Å²) in [5.41, 5.74) is -1.28. The van der Waals surface area contributed by atoms with Gasteiger partial charge < -0.3 is 4.74 Å². The zero-order chi connectivity index (χ0) is 16.4. The Morgan fingerprint density at radius 1 is 1.36 bits per heavy atom. The molecule has 1 heterocycles. The fourth-order valence-corrected chi connectivity index (χ4v) is 4.74. The topological polar surface area (TPSA) is 85.4 Å². The minimum Gasteiger partial charge on any atom is -0.468 e. The summed E-state index contributed by atoms with van der Waals surface area (Å²) >= 11 is 0. The summed E-state index contributed by atoms with van der Waals surface area (Å²) in [6, 6.07) is 5.09. The van der Waals surface area contributed by atoms with Crippen molar-refractivity contribution >= 4 is 16.0 Å². The highest BCUT2D eigenvalue weighted by Gasteiger charge is 2.57. The van der Waals surface area contributed by atoms with Crippen LogP contribution in [0.5, 0.6) is 0 Å². The van der Waals surface area contributed by atoms with Crippen molar-refractivity contribution in [1.82, 2.24) is 9.71 Å². The van der Waals surface area contributed by atoms with Gasteiger partial charge in [-0.1, -0.05) is 26.3 Å². The Balaban J connectivity index is 2.30. The monoisotopic (exact) mass is 326 g/mol. The van der Waals surface area contributed by atoms with E-state index in [0.717, 1.165) is 12.8 Å². The number of esters is 1. The summed E-state index contributed by atoms with van der Waals surface area (Å²) in [7, 11) is -2.43. The second-order valence-corrected chi connectivity index (χ2v) is 8.04. The minimum atomic E-state index is -3.72. The fourth-order valence-electron chi connectivity index (χ4n) is 3.11. The van der Waals surface area contributed by atoms with E-state index in [1.54, 1.807) is 24.4 Å². The number of pyridine rings is 1. The lowest BCUT2D eigenvalue weighted by atomic mass is 9.75. The maximum Gasteiger partial charge on any atom is 0.327 e. The van der Waals surface area contributed by atoms with Crippen molar-refractivity contribution in [3.63, 3.8) is 0 Å². The van der Waals surface area contributed by atoms with Crippen LogP contribution in [0.4, 0.5) is 0 Å². The Morgan fingerprint density at radius 2 is 2.09 bits per heavy atom. The Labute approximate surface area is 131 Å². The number of aromatic nitrogens is 1. The molecule has 0 amide bonds. The first kappa shape index (κ1) is 16.9. The van der Waals surface area contributed by atoms with Gasteiger partial charge >= 0.3 is 5.97 Å². The van der Waals surface area contributed by atoms with Crippen molar-refractivity contribution in [2.24, 2.45) is 5.41 Å². The molecule has 7 heteroatoms. The largest absolute Gasteiger partial charge is 0.468 e. The Kier molecular flexibility index (Phi) is 4.58. The quantitative estimate of drug-likeness (QED) is 0.831. The van der Waals surface area contributed by atoms with Gasteiger partial charge in [-0.2, -0.15) is 4.72 Å². The lowest BCUT2D eigenvalue weighted by molar-refractivity contribution is -0.151. The van der Waals surface area contributed by atoms with Gasteiger partial charge in [0.2, 0.25) is 10.0 Å². The number of nitrogens with one attached hydrogen (secondary N) is 1. The van der Waals surface area contributed by atoms with Gasteiger partial charge in [-0.05, 0) is 30.4 Å². The molecular weight excluding hydrogens is 304 g/mol. The molecule has 1 fully saturated rings. The van der Waals surface area contributed by atoms with Gasteiger partial charge in [0, 0.05) is 6.20 Å². The van der Waals surface area contributed by atoms with Gasteiger partial charge in [-0.15, -0.1) is 0 Å². The lowest BCUT2D eigenvalue weighted by Gasteiger charge is -2.39. The van der Waals surface area contributed by atoms with Gasteiger partial charge in [0.1, 0.15) is 11.3 Å². The van der Waals surface area contributed by atoms with Gasteiger partial charge in [0.05, 0.1) is 12.8 Å². The number of hydrogen-bond acceptors (Lipinski definition) is 5. The van der Waals surface area contributed by atoms with E-state index in [0.29, 0.717) is 12.1 Å². The molecule has 1 aromatic rings. The molecule has 6 nitrogen and oxygen atoms in total. The summed E-state index contributed by atoms with van der Waals surface area (Å²) in [5, 5.41) is 0. The van der Waals surface area contributed by atoms with E-state index in [1.165, 1.54) is 7.11 Å². The summed E-state index contributed by atoms with van der Waals surface area (Å²) < 4.78 is 32.5. The normalized spacial score (nSPS) is 24.1. The molecule has 0 saturated heterocycles. The van der Waals surface area contributed by atoms with Gasteiger partial charge in [0.25, 0.3) is 0 Å². The van der Waals surface area contributed by atoms with Crippen molar-refractivity contribution in [1.29, 1.82) is 0 Å². The van der Waals surface area contributed by atoms with Gasteiger partial charge in [-0.25, -0.2) is 8.42 Å². The SMILES string of the molecule is COC(=O)C1(NS(=O)(=O)Cc2ccccn2)CCCC1(C)C. The number of sulfonamides is 1. The molecule has 1 aromatic heterocycles. The van der Waals surface area contributed by atoms with Gasteiger partial charge in [-0.3, -0.25) is 9.78 Å². The van der Waals surface area contributed by atoms with Crippen LogP contribution in [0.2, 0.25) is 0 Å². The van der Waals surface area contributed by atoms with Crippen molar-refractivity contribution < 1.29 is 17.9 Å². The average Bonchev–Trinajstić information content (AvgIpc) is 2.73. The first-order chi connectivity index (χ1) is 10.2. The predicted molar refractivity (Wildman–Crippen MR) is 82.4 cm³/mol. The first-order valence-electron chi connectivity index (χ1n) is 7.22. The third kappa shape index (κ3) is 3.15.